The van der Waals surface area contributed by atoms with E-state index in [0.717, 1.165) is 11.1 Å². The Morgan fingerprint density at radius 3 is 0.800 bits per heavy atom. The van der Waals surface area contributed by atoms with E-state index in [1.54, 1.807) is 104 Å². The molecule has 0 bridgehead atoms. The smallest absolute Gasteiger partial charge is 0.162 e. The second-order valence-electron chi connectivity index (χ2n) is 10.2. The molecule has 0 aliphatic rings. The number of benzene rings is 3. The molecule has 0 saturated heterocycles. The highest BCUT2D eigenvalue weighted by Gasteiger charge is 2.13. The topological polar surface area (TPSA) is 81.2 Å². The summed E-state index contributed by atoms with van der Waals surface area (Å²) in [6.45, 7) is 0. The lowest BCUT2D eigenvalue weighted by Gasteiger charge is -2.10. The number of aromatic nitrogens is 2. The van der Waals surface area contributed by atoms with Crippen molar-refractivity contribution in [3.63, 3.8) is 0 Å². The van der Waals surface area contributed by atoms with Crippen molar-refractivity contribution in [2.75, 3.05) is 42.7 Å². The molecule has 0 unspecified atom stereocenters. The van der Waals surface area contributed by atoms with Gasteiger partial charge in [0.05, 0.1) is 42.7 Å². The average Bonchev–Trinajstić information content (AvgIpc) is 3.17. The SMILES string of the molecule is COc1cc(C#Cc2cccnc2)c(C#Cc2cc(OC)c(OC)cc2C#Cc2cc(OC)c(OC)cc2C#Cc2cccnc2)cc1OC. The van der Waals surface area contributed by atoms with Gasteiger partial charge in [0, 0.05) is 106 Å². The molecule has 0 saturated carbocycles. The monoisotopic (exact) mass is 660 g/mol. The Balaban J connectivity index is 1.66. The van der Waals surface area contributed by atoms with Crippen molar-refractivity contribution in [2.45, 2.75) is 0 Å². The second kappa shape index (κ2) is 16.7. The molecular formula is C42H32N2O6. The molecule has 0 amide bonds. The summed E-state index contributed by atoms with van der Waals surface area (Å²) in [6, 6.07) is 18.2. The molecule has 3 aromatic carbocycles. The van der Waals surface area contributed by atoms with Crippen LogP contribution in [0.1, 0.15) is 44.5 Å². The van der Waals surface area contributed by atoms with Gasteiger partial charge in [0.2, 0.25) is 0 Å². The van der Waals surface area contributed by atoms with Crippen molar-refractivity contribution in [1.82, 2.24) is 9.97 Å². The number of rotatable bonds is 6. The first-order chi connectivity index (χ1) is 24.5. The van der Waals surface area contributed by atoms with Crippen molar-refractivity contribution < 1.29 is 28.4 Å². The molecule has 5 rings (SSSR count). The van der Waals surface area contributed by atoms with E-state index in [4.69, 9.17) is 28.4 Å². The zero-order valence-corrected chi connectivity index (χ0v) is 28.4. The van der Waals surface area contributed by atoms with E-state index in [2.05, 4.69) is 57.3 Å². The number of ether oxygens (including phenoxy) is 6. The van der Waals surface area contributed by atoms with Crippen molar-refractivity contribution >= 4 is 0 Å². The standard InChI is InChI=1S/C42H32N2O6/c1-45-37-21-31(13-11-29-9-7-19-43-27-29)33(23-39(37)47-3)15-17-35-25-41(49-5)42(50-6)26-36(35)18-16-34-24-40(48-4)38(46-2)22-32(34)14-12-30-10-8-20-44-28-30/h7-10,19-28H,1-6H3. The molecule has 0 N–H and O–H groups in total. The summed E-state index contributed by atoms with van der Waals surface area (Å²) in [5.41, 5.74) is 5.26. The van der Waals surface area contributed by atoms with E-state index in [9.17, 15) is 0 Å². The van der Waals surface area contributed by atoms with E-state index in [-0.39, 0.29) is 0 Å². The van der Waals surface area contributed by atoms with Gasteiger partial charge in [-0.25, -0.2) is 0 Å². The third-order valence-corrected chi connectivity index (χ3v) is 7.24. The van der Waals surface area contributed by atoms with E-state index in [0.29, 0.717) is 67.9 Å². The Kier molecular flexibility index (Phi) is 11.5. The first-order valence-electron chi connectivity index (χ1n) is 15.2. The highest BCUT2D eigenvalue weighted by Crippen LogP contribution is 2.33. The van der Waals surface area contributed by atoms with Gasteiger partial charge in [-0.3, -0.25) is 9.97 Å². The third kappa shape index (κ3) is 8.28. The number of hydrogen-bond donors (Lipinski definition) is 0. The molecular weight excluding hydrogens is 628 g/mol. The van der Waals surface area contributed by atoms with Crippen LogP contribution in [0.15, 0.2) is 85.5 Å². The molecule has 2 heterocycles. The maximum atomic E-state index is 5.61. The van der Waals surface area contributed by atoms with Crippen molar-refractivity contribution in [3.05, 3.63) is 130 Å². The van der Waals surface area contributed by atoms with Crippen molar-refractivity contribution in [2.24, 2.45) is 0 Å². The Morgan fingerprint density at radius 2 is 0.600 bits per heavy atom. The molecule has 0 spiro atoms. The lowest BCUT2D eigenvalue weighted by atomic mass is 10.0. The zero-order valence-electron chi connectivity index (χ0n) is 28.4. The normalized spacial score (nSPS) is 9.56. The summed E-state index contributed by atoms with van der Waals surface area (Å²) >= 11 is 0. The van der Waals surface area contributed by atoms with Gasteiger partial charge in [-0.1, -0.05) is 47.4 Å². The molecule has 246 valence electrons. The molecule has 5 aromatic rings. The van der Waals surface area contributed by atoms with Gasteiger partial charge in [0.15, 0.2) is 34.5 Å². The van der Waals surface area contributed by atoms with Crippen molar-refractivity contribution in [3.8, 4) is 81.9 Å². The van der Waals surface area contributed by atoms with Gasteiger partial charge < -0.3 is 28.4 Å². The fourth-order valence-electron chi connectivity index (χ4n) is 4.68. The van der Waals surface area contributed by atoms with Crippen LogP contribution in [0.2, 0.25) is 0 Å². The summed E-state index contributed by atoms with van der Waals surface area (Å²) in [5.74, 6) is 28.9. The maximum absolute atomic E-state index is 5.61. The van der Waals surface area contributed by atoms with Crippen LogP contribution in [0.25, 0.3) is 0 Å². The molecule has 2 aromatic heterocycles. The average molecular weight is 661 g/mol. The predicted octanol–water partition coefficient (Wildman–Crippen LogP) is 6.13. The molecule has 0 aliphatic heterocycles. The first kappa shape index (κ1) is 34.3. The van der Waals surface area contributed by atoms with Gasteiger partial charge in [-0.05, 0) is 24.3 Å². The molecule has 0 radical (unpaired) electrons. The fraction of sp³-hybridized carbons (Fsp3) is 0.143. The molecule has 8 nitrogen and oxygen atoms in total. The van der Waals surface area contributed by atoms with E-state index >= 15 is 0 Å². The summed E-state index contributed by atoms with van der Waals surface area (Å²) < 4.78 is 33.5. The van der Waals surface area contributed by atoms with Gasteiger partial charge in [-0.15, -0.1) is 0 Å². The first-order valence-corrected chi connectivity index (χ1v) is 15.2. The maximum Gasteiger partial charge on any atom is 0.162 e. The number of hydrogen-bond acceptors (Lipinski definition) is 8. The molecule has 0 atom stereocenters. The molecule has 0 fully saturated rings. The number of methoxy groups -OCH3 is 6. The molecule has 0 aliphatic carbocycles. The van der Waals surface area contributed by atoms with Crippen molar-refractivity contribution in [1.29, 1.82) is 0 Å². The van der Waals surface area contributed by atoms with Crippen LogP contribution in [-0.4, -0.2) is 52.6 Å². The zero-order chi connectivity index (χ0) is 35.3. The number of pyridine rings is 2. The van der Waals surface area contributed by atoms with Crippen LogP contribution in [0.3, 0.4) is 0 Å². The van der Waals surface area contributed by atoms with Crippen LogP contribution >= 0.6 is 0 Å². The molecule has 8 heteroatoms. The van der Waals surface area contributed by atoms with Gasteiger partial charge in [0.1, 0.15) is 0 Å². The lowest BCUT2D eigenvalue weighted by molar-refractivity contribution is 0.354. The van der Waals surface area contributed by atoms with E-state index in [1.807, 2.05) is 24.3 Å². The predicted molar refractivity (Wildman–Crippen MR) is 191 cm³/mol. The Labute approximate surface area is 292 Å². The van der Waals surface area contributed by atoms with Gasteiger partial charge >= 0.3 is 0 Å². The van der Waals surface area contributed by atoms with Crippen LogP contribution in [-0.2, 0) is 0 Å². The molecule has 50 heavy (non-hydrogen) atoms. The largest absolute Gasteiger partial charge is 0.493 e. The Hall–Kier alpha value is -7.00. The van der Waals surface area contributed by atoms with E-state index in [1.165, 1.54) is 0 Å². The van der Waals surface area contributed by atoms with Crippen LogP contribution in [0, 0.1) is 47.4 Å². The highest BCUT2D eigenvalue weighted by atomic mass is 16.5. The second-order valence-corrected chi connectivity index (χ2v) is 10.2. The van der Waals surface area contributed by atoms with Crippen LogP contribution < -0.4 is 28.4 Å². The summed E-state index contributed by atoms with van der Waals surface area (Å²) in [4.78, 5) is 8.30. The Morgan fingerprint density at radius 1 is 0.360 bits per heavy atom. The number of nitrogens with zero attached hydrogens (tertiary/aromatic N) is 2. The van der Waals surface area contributed by atoms with Gasteiger partial charge in [0.25, 0.3) is 0 Å². The minimum atomic E-state index is 0.500. The van der Waals surface area contributed by atoms with E-state index < -0.39 is 0 Å². The van der Waals surface area contributed by atoms with Gasteiger partial charge in [-0.2, -0.15) is 0 Å². The summed E-state index contributed by atoms with van der Waals surface area (Å²) in [5, 5.41) is 0. The minimum Gasteiger partial charge on any atom is -0.493 e. The fourth-order valence-corrected chi connectivity index (χ4v) is 4.68. The summed E-state index contributed by atoms with van der Waals surface area (Å²) in [7, 11) is 9.42. The van der Waals surface area contributed by atoms with Crippen LogP contribution in [0.5, 0.6) is 34.5 Å². The quantitative estimate of drug-likeness (QED) is 0.202. The minimum absolute atomic E-state index is 0.500. The summed E-state index contributed by atoms with van der Waals surface area (Å²) in [6.07, 6.45) is 6.79. The highest BCUT2D eigenvalue weighted by molar-refractivity contribution is 5.66. The van der Waals surface area contributed by atoms with Crippen LogP contribution in [0.4, 0.5) is 0 Å². The lowest BCUT2D eigenvalue weighted by Crippen LogP contribution is -1.96. The third-order valence-electron chi connectivity index (χ3n) is 7.24. The Bertz CT molecular complexity index is 2090.